The lowest BCUT2D eigenvalue weighted by atomic mass is 9.97. The molecule has 0 saturated carbocycles. The Kier molecular flexibility index (Phi) is 3.60. The Morgan fingerprint density at radius 1 is 1.16 bits per heavy atom. The molecular formula is C14H11Br2NO2. The van der Waals surface area contributed by atoms with Crippen molar-refractivity contribution in [2.75, 3.05) is 0 Å². The highest BCUT2D eigenvalue weighted by Crippen LogP contribution is 2.41. The first-order valence-electron chi connectivity index (χ1n) is 5.89. The predicted octanol–water partition coefficient (Wildman–Crippen LogP) is 4.16. The second-order valence-corrected chi connectivity index (χ2v) is 6.27. The van der Waals surface area contributed by atoms with Gasteiger partial charge in [0.2, 0.25) is 0 Å². The van der Waals surface area contributed by atoms with Gasteiger partial charge in [-0.15, -0.1) is 0 Å². The van der Waals surface area contributed by atoms with E-state index in [0.29, 0.717) is 6.42 Å². The molecule has 2 heterocycles. The number of nitrogens with zero attached hydrogens (tertiary/aromatic N) is 1. The van der Waals surface area contributed by atoms with E-state index in [1.165, 1.54) is 0 Å². The molecule has 0 saturated heterocycles. The average molecular weight is 385 g/mol. The molecule has 3 nitrogen and oxygen atoms in total. The van der Waals surface area contributed by atoms with Crippen molar-refractivity contribution in [2.24, 2.45) is 0 Å². The molecule has 5 heteroatoms. The van der Waals surface area contributed by atoms with E-state index in [-0.39, 0.29) is 6.10 Å². The number of aliphatic hydroxyl groups is 1. The third-order valence-corrected chi connectivity index (χ3v) is 4.08. The Bertz CT molecular complexity index is 601. The minimum absolute atomic E-state index is 0.211. The smallest absolute Gasteiger partial charge is 0.143 e. The van der Waals surface area contributed by atoms with Gasteiger partial charge in [0.15, 0.2) is 0 Å². The molecule has 1 aromatic heterocycles. The third-order valence-electron chi connectivity index (χ3n) is 3.12. The van der Waals surface area contributed by atoms with E-state index in [9.17, 15) is 5.11 Å². The molecule has 0 radical (unpaired) electrons. The van der Waals surface area contributed by atoms with Crippen molar-refractivity contribution in [3.8, 4) is 5.75 Å². The van der Waals surface area contributed by atoms with Gasteiger partial charge in [-0.05, 0) is 46.3 Å². The Hall–Kier alpha value is -0.910. The van der Waals surface area contributed by atoms with Crippen LogP contribution in [0.2, 0.25) is 0 Å². The summed E-state index contributed by atoms with van der Waals surface area (Å²) in [6.07, 6.45) is 1.51. The molecule has 0 bridgehead atoms. The summed E-state index contributed by atoms with van der Waals surface area (Å²) in [5, 5.41) is 10.2. The van der Waals surface area contributed by atoms with Gasteiger partial charge in [0.1, 0.15) is 11.9 Å². The molecule has 98 valence electrons. The zero-order chi connectivity index (χ0) is 13.4. The molecule has 19 heavy (non-hydrogen) atoms. The number of hydrogen-bond donors (Lipinski definition) is 1. The Labute approximate surface area is 127 Å². The minimum Gasteiger partial charge on any atom is -0.484 e. The molecule has 2 atom stereocenters. The molecule has 1 aromatic carbocycles. The van der Waals surface area contributed by atoms with Gasteiger partial charge in [-0.3, -0.25) is 4.98 Å². The van der Waals surface area contributed by atoms with Crippen LogP contribution in [-0.4, -0.2) is 10.1 Å². The van der Waals surface area contributed by atoms with Crippen molar-refractivity contribution in [2.45, 2.75) is 18.6 Å². The number of hydrogen-bond acceptors (Lipinski definition) is 3. The number of pyridine rings is 1. The first kappa shape index (κ1) is 13.1. The molecule has 2 aromatic rings. The highest BCUT2D eigenvalue weighted by Gasteiger charge is 2.28. The topological polar surface area (TPSA) is 42.4 Å². The predicted molar refractivity (Wildman–Crippen MR) is 79.0 cm³/mol. The first-order chi connectivity index (χ1) is 9.13. The summed E-state index contributed by atoms with van der Waals surface area (Å²) in [5.74, 6) is 0.719. The molecule has 0 amide bonds. The molecule has 0 aliphatic carbocycles. The molecule has 0 fully saturated rings. The highest BCUT2D eigenvalue weighted by molar-refractivity contribution is 9.10. The quantitative estimate of drug-likeness (QED) is 0.802. The zero-order valence-corrected chi connectivity index (χ0v) is 13.1. The molecule has 3 rings (SSSR count). The van der Waals surface area contributed by atoms with Crippen molar-refractivity contribution in [1.29, 1.82) is 0 Å². The maximum absolute atomic E-state index is 10.2. The average Bonchev–Trinajstić information content (AvgIpc) is 2.40. The second-order valence-electron chi connectivity index (χ2n) is 4.44. The van der Waals surface area contributed by atoms with Crippen LogP contribution in [0.5, 0.6) is 5.75 Å². The standard InChI is InChI=1S/C14H11Br2NO2/c15-8-2-4-13-10(5-8)12(18)6-14(19-13)11-3-1-9(16)7-17-11/h1-5,7,12,14,18H,6H2. The van der Waals surface area contributed by atoms with Crippen molar-refractivity contribution in [1.82, 2.24) is 4.98 Å². The van der Waals surface area contributed by atoms with Gasteiger partial charge in [-0.2, -0.15) is 0 Å². The summed E-state index contributed by atoms with van der Waals surface area (Å²) < 4.78 is 7.79. The van der Waals surface area contributed by atoms with Crippen LogP contribution in [0.3, 0.4) is 0 Å². The van der Waals surface area contributed by atoms with Crippen LogP contribution in [-0.2, 0) is 0 Å². The fraction of sp³-hybridized carbons (Fsp3) is 0.214. The molecule has 0 spiro atoms. The van der Waals surface area contributed by atoms with E-state index < -0.39 is 6.10 Å². The van der Waals surface area contributed by atoms with Gasteiger partial charge in [0.25, 0.3) is 0 Å². The normalized spacial score (nSPS) is 21.6. The van der Waals surface area contributed by atoms with Crippen molar-refractivity contribution >= 4 is 31.9 Å². The lowest BCUT2D eigenvalue weighted by molar-refractivity contribution is 0.0636. The molecule has 1 aliphatic heterocycles. The van der Waals surface area contributed by atoms with Crippen LogP contribution < -0.4 is 4.74 Å². The van der Waals surface area contributed by atoms with E-state index in [1.54, 1.807) is 6.20 Å². The van der Waals surface area contributed by atoms with Crippen LogP contribution in [0.25, 0.3) is 0 Å². The molecule has 2 unspecified atom stereocenters. The second kappa shape index (κ2) is 5.23. The molecular weight excluding hydrogens is 374 g/mol. The number of halogens is 2. The monoisotopic (exact) mass is 383 g/mol. The van der Waals surface area contributed by atoms with Crippen molar-refractivity contribution in [3.63, 3.8) is 0 Å². The van der Waals surface area contributed by atoms with Crippen LogP contribution in [0.1, 0.15) is 29.9 Å². The molecule has 1 aliphatic rings. The maximum Gasteiger partial charge on any atom is 0.143 e. The van der Waals surface area contributed by atoms with Gasteiger partial charge in [-0.1, -0.05) is 15.9 Å². The number of aromatic nitrogens is 1. The lowest BCUT2D eigenvalue weighted by Gasteiger charge is -2.29. The SMILES string of the molecule is OC1CC(c2ccc(Br)cn2)Oc2ccc(Br)cc21. The van der Waals surface area contributed by atoms with Gasteiger partial charge in [0.05, 0.1) is 11.8 Å². The number of ether oxygens (including phenoxy) is 1. The Morgan fingerprint density at radius 2 is 1.95 bits per heavy atom. The summed E-state index contributed by atoms with van der Waals surface area (Å²) in [4.78, 5) is 4.33. The van der Waals surface area contributed by atoms with E-state index in [1.807, 2.05) is 30.3 Å². The van der Waals surface area contributed by atoms with Crippen molar-refractivity contribution in [3.05, 3.63) is 56.7 Å². The fourth-order valence-electron chi connectivity index (χ4n) is 2.18. The van der Waals surface area contributed by atoms with Gasteiger partial charge >= 0.3 is 0 Å². The lowest BCUT2D eigenvalue weighted by Crippen LogP contribution is -2.19. The fourth-order valence-corrected chi connectivity index (χ4v) is 2.79. The van der Waals surface area contributed by atoms with Crippen LogP contribution in [0.4, 0.5) is 0 Å². The van der Waals surface area contributed by atoms with Gasteiger partial charge < -0.3 is 9.84 Å². The highest BCUT2D eigenvalue weighted by atomic mass is 79.9. The van der Waals surface area contributed by atoms with E-state index in [0.717, 1.165) is 26.0 Å². The van der Waals surface area contributed by atoms with E-state index in [2.05, 4.69) is 36.8 Å². The van der Waals surface area contributed by atoms with Crippen LogP contribution in [0.15, 0.2) is 45.5 Å². The summed E-state index contributed by atoms with van der Waals surface area (Å²) in [7, 11) is 0. The third kappa shape index (κ3) is 2.68. The largest absolute Gasteiger partial charge is 0.484 e. The van der Waals surface area contributed by atoms with E-state index in [4.69, 9.17) is 4.74 Å². The van der Waals surface area contributed by atoms with Gasteiger partial charge in [-0.25, -0.2) is 0 Å². The molecule has 1 N–H and O–H groups in total. The van der Waals surface area contributed by atoms with Crippen LogP contribution >= 0.6 is 31.9 Å². The maximum atomic E-state index is 10.2. The summed E-state index contributed by atoms with van der Waals surface area (Å²) in [6.45, 7) is 0. The number of aliphatic hydroxyl groups excluding tert-OH is 1. The summed E-state index contributed by atoms with van der Waals surface area (Å²) in [5.41, 5.74) is 1.65. The van der Waals surface area contributed by atoms with Crippen molar-refractivity contribution < 1.29 is 9.84 Å². The van der Waals surface area contributed by atoms with Gasteiger partial charge in [0, 0.05) is 27.1 Å². The zero-order valence-electron chi connectivity index (χ0n) is 9.88. The van der Waals surface area contributed by atoms with Crippen LogP contribution in [0, 0.1) is 0 Å². The summed E-state index contributed by atoms with van der Waals surface area (Å²) in [6, 6.07) is 9.50. The minimum atomic E-state index is -0.531. The Balaban J connectivity index is 1.92. The first-order valence-corrected chi connectivity index (χ1v) is 7.48. The Morgan fingerprint density at radius 3 is 2.68 bits per heavy atom. The number of benzene rings is 1. The summed E-state index contributed by atoms with van der Waals surface area (Å²) >= 11 is 6.76. The number of rotatable bonds is 1. The number of fused-ring (bicyclic) bond motifs is 1. The van der Waals surface area contributed by atoms with E-state index >= 15 is 0 Å².